The van der Waals surface area contributed by atoms with Crippen molar-refractivity contribution in [2.24, 2.45) is 0 Å². The maximum atomic E-state index is 13.4. The third-order valence-electron chi connectivity index (χ3n) is 1.97. The minimum absolute atomic E-state index is 0.0779. The first-order chi connectivity index (χ1) is 8.08. The Kier molecular flexibility index (Phi) is 3.23. The summed E-state index contributed by atoms with van der Waals surface area (Å²) in [5, 5.41) is 0. The van der Waals surface area contributed by atoms with Crippen LogP contribution in [0.1, 0.15) is 0 Å². The molecule has 0 aliphatic carbocycles. The SMILES string of the molecule is Nc1cccc(F)c1Oc1ncc(Br)cc1F. The van der Waals surface area contributed by atoms with Crippen molar-refractivity contribution in [3.63, 3.8) is 0 Å². The monoisotopic (exact) mass is 300 g/mol. The zero-order chi connectivity index (χ0) is 12.4. The largest absolute Gasteiger partial charge is 0.431 e. The van der Waals surface area contributed by atoms with Gasteiger partial charge in [-0.25, -0.2) is 13.8 Å². The molecule has 1 aromatic carbocycles. The number of para-hydroxylation sites is 1. The molecule has 2 N–H and O–H groups in total. The lowest BCUT2D eigenvalue weighted by molar-refractivity contribution is 0.400. The summed E-state index contributed by atoms with van der Waals surface area (Å²) in [6.45, 7) is 0. The quantitative estimate of drug-likeness (QED) is 0.864. The Morgan fingerprint density at radius 2 is 2.00 bits per heavy atom. The Bertz CT molecular complexity index is 543. The van der Waals surface area contributed by atoms with Gasteiger partial charge in [0.05, 0.1) is 5.69 Å². The summed E-state index contributed by atoms with van der Waals surface area (Å²) in [7, 11) is 0. The molecule has 0 spiro atoms. The third kappa shape index (κ3) is 2.52. The van der Waals surface area contributed by atoms with Crippen LogP contribution in [0.3, 0.4) is 0 Å². The number of nitrogens with zero attached hydrogens (tertiary/aromatic N) is 1. The van der Waals surface area contributed by atoms with Crippen LogP contribution in [0.25, 0.3) is 0 Å². The molecule has 6 heteroatoms. The second-order valence-corrected chi connectivity index (χ2v) is 4.12. The number of halogens is 3. The van der Waals surface area contributed by atoms with E-state index in [-0.39, 0.29) is 17.3 Å². The number of anilines is 1. The topological polar surface area (TPSA) is 48.1 Å². The highest BCUT2D eigenvalue weighted by molar-refractivity contribution is 9.10. The fourth-order valence-electron chi connectivity index (χ4n) is 1.21. The third-order valence-corrected chi connectivity index (χ3v) is 2.40. The van der Waals surface area contributed by atoms with E-state index in [1.807, 2.05) is 0 Å². The van der Waals surface area contributed by atoms with Gasteiger partial charge in [-0.2, -0.15) is 0 Å². The van der Waals surface area contributed by atoms with E-state index in [4.69, 9.17) is 10.5 Å². The standard InChI is InChI=1S/C11H7BrF2N2O/c12-6-4-8(14)11(16-5-6)17-10-7(13)2-1-3-9(10)15/h1-5H,15H2. The fourth-order valence-corrected chi connectivity index (χ4v) is 1.51. The van der Waals surface area contributed by atoms with Crippen LogP contribution in [0.2, 0.25) is 0 Å². The Morgan fingerprint density at radius 1 is 1.24 bits per heavy atom. The highest BCUT2D eigenvalue weighted by Crippen LogP contribution is 2.30. The maximum Gasteiger partial charge on any atom is 0.256 e. The molecule has 3 nitrogen and oxygen atoms in total. The molecule has 0 radical (unpaired) electrons. The van der Waals surface area contributed by atoms with E-state index in [0.29, 0.717) is 4.47 Å². The fraction of sp³-hybridized carbons (Fsp3) is 0. The summed E-state index contributed by atoms with van der Waals surface area (Å²) in [6.07, 6.45) is 1.34. The van der Waals surface area contributed by atoms with Gasteiger partial charge in [0.25, 0.3) is 5.88 Å². The number of hydrogen-bond acceptors (Lipinski definition) is 3. The van der Waals surface area contributed by atoms with Gasteiger partial charge in [-0.15, -0.1) is 0 Å². The second kappa shape index (κ2) is 4.67. The van der Waals surface area contributed by atoms with E-state index in [1.54, 1.807) is 0 Å². The lowest BCUT2D eigenvalue weighted by Gasteiger charge is -2.08. The normalized spacial score (nSPS) is 10.3. The molecule has 0 unspecified atom stereocenters. The van der Waals surface area contributed by atoms with Crippen molar-refractivity contribution in [1.82, 2.24) is 4.98 Å². The number of rotatable bonds is 2. The van der Waals surface area contributed by atoms with Crippen molar-refractivity contribution in [3.8, 4) is 11.6 Å². The molecular weight excluding hydrogens is 294 g/mol. The molecule has 1 aromatic heterocycles. The maximum absolute atomic E-state index is 13.4. The molecule has 0 atom stereocenters. The molecule has 2 rings (SSSR count). The molecule has 2 aromatic rings. The highest BCUT2D eigenvalue weighted by atomic mass is 79.9. The molecule has 17 heavy (non-hydrogen) atoms. The van der Waals surface area contributed by atoms with E-state index >= 15 is 0 Å². The number of benzene rings is 1. The van der Waals surface area contributed by atoms with Gasteiger partial charge >= 0.3 is 0 Å². The molecule has 0 bridgehead atoms. The number of pyridine rings is 1. The van der Waals surface area contributed by atoms with Crippen LogP contribution in [0, 0.1) is 11.6 Å². The summed E-state index contributed by atoms with van der Waals surface area (Å²) < 4.78 is 32.3. The van der Waals surface area contributed by atoms with E-state index in [0.717, 1.165) is 0 Å². The van der Waals surface area contributed by atoms with Crippen molar-refractivity contribution < 1.29 is 13.5 Å². The summed E-state index contributed by atoms with van der Waals surface area (Å²) in [4.78, 5) is 3.69. The lowest BCUT2D eigenvalue weighted by atomic mass is 10.3. The number of ether oxygens (including phenoxy) is 1. The van der Waals surface area contributed by atoms with Crippen LogP contribution in [0.5, 0.6) is 11.6 Å². The Hall–Kier alpha value is -1.69. The van der Waals surface area contributed by atoms with Crippen LogP contribution >= 0.6 is 15.9 Å². The van der Waals surface area contributed by atoms with Gasteiger partial charge in [0.2, 0.25) is 0 Å². The molecule has 0 saturated heterocycles. The molecule has 1 heterocycles. The smallest absolute Gasteiger partial charge is 0.256 e. The van der Waals surface area contributed by atoms with Crippen LogP contribution in [-0.4, -0.2) is 4.98 Å². The van der Waals surface area contributed by atoms with E-state index in [9.17, 15) is 8.78 Å². The summed E-state index contributed by atoms with van der Waals surface area (Å²) in [5.74, 6) is -1.94. The molecule has 0 aliphatic heterocycles. The van der Waals surface area contributed by atoms with Gasteiger partial charge in [0.1, 0.15) is 0 Å². The minimum atomic E-state index is -0.706. The van der Waals surface area contributed by atoms with Crippen molar-refractivity contribution >= 4 is 21.6 Å². The van der Waals surface area contributed by atoms with Gasteiger partial charge in [-0.1, -0.05) is 6.07 Å². The summed E-state index contributed by atoms with van der Waals surface area (Å²) in [6, 6.07) is 5.22. The van der Waals surface area contributed by atoms with Crippen molar-refractivity contribution in [1.29, 1.82) is 0 Å². The zero-order valence-electron chi connectivity index (χ0n) is 8.45. The molecule has 0 fully saturated rings. The molecule has 0 saturated carbocycles. The molecule has 0 amide bonds. The number of aromatic nitrogens is 1. The second-order valence-electron chi connectivity index (χ2n) is 3.20. The van der Waals surface area contributed by atoms with E-state index in [2.05, 4.69) is 20.9 Å². The van der Waals surface area contributed by atoms with Crippen LogP contribution in [0.15, 0.2) is 34.9 Å². The van der Waals surface area contributed by atoms with Gasteiger partial charge in [-0.05, 0) is 34.1 Å². The Morgan fingerprint density at radius 3 is 2.65 bits per heavy atom. The zero-order valence-corrected chi connectivity index (χ0v) is 10.0. The van der Waals surface area contributed by atoms with Crippen molar-refractivity contribution in [2.75, 3.05) is 5.73 Å². The van der Waals surface area contributed by atoms with Crippen molar-refractivity contribution in [2.45, 2.75) is 0 Å². The van der Waals surface area contributed by atoms with E-state index < -0.39 is 11.6 Å². The van der Waals surface area contributed by atoms with E-state index in [1.165, 1.54) is 30.5 Å². The Labute approximate surface area is 104 Å². The lowest BCUT2D eigenvalue weighted by Crippen LogP contribution is -1.98. The van der Waals surface area contributed by atoms with Gasteiger partial charge in [-0.3, -0.25) is 0 Å². The van der Waals surface area contributed by atoms with Crippen molar-refractivity contribution in [3.05, 3.63) is 46.6 Å². The summed E-state index contributed by atoms with van der Waals surface area (Å²) >= 11 is 3.05. The first kappa shape index (κ1) is 11.8. The van der Waals surface area contributed by atoms with Crippen LogP contribution < -0.4 is 10.5 Å². The highest BCUT2D eigenvalue weighted by Gasteiger charge is 2.13. The van der Waals surface area contributed by atoms with Gasteiger partial charge in [0.15, 0.2) is 17.4 Å². The van der Waals surface area contributed by atoms with Gasteiger partial charge in [0, 0.05) is 10.7 Å². The van der Waals surface area contributed by atoms with Crippen LogP contribution in [0.4, 0.5) is 14.5 Å². The van der Waals surface area contributed by atoms with Gasteiger partial charge < -0.3 is 10.5 Å². The summed E-state index contributed by atoms with van der Waals surface area (Å²) in [5.41, 5.74) is 5.60. The first-order valence-electron chi connectivity index (χ1n) is 4.61. The molecular formula is C11H7BrF2N2O. The number of nitrogens with two attached hydrogens (primary N) is 1. The number of nitrogen functional groups attached to an aromatic ring is 1. The average Bonchev–Trinajstić information content (AvgIpc) is 2.26. The predicted molar refractivity (Wildman–Crippen MR) is 62.8 cm³/mol. The predicted octanol–water partition coefficient (Wildman–Crippen LogP) is 3.50. The Balaban J connectivity index is 2.38. The minimum Gasteiger partial charge on any atom is -0.431 e. The average molecular weight is 301 g/mol. The molecule has 0 aliphatic rings. The van der Waals surface area contributed by atoms with Crippen LogP contribution in [-0.2, 0) is 0 Å². The number of hydrogen-bond donors (Lipinski definition) is 1. The molecule has 88 valence electrons. The first-order valence-corrected chi connectivity index (χ1v) is 5.40.